The van der Waals surface area contributed by atoms with Gasteiger partial charge in [-0.25, -0.2) is 0 Å². The Morgan fingerprint density at radius 2 is 1.95 bits per heavy atom. The molecular formula is C17H20ClNO. The molecule has 3 heteroatoms. The summed E-state index contributed by atoms with van der Waals surface area (Å²) in [6.07, 6.45) is 0.168. The predicted molar refractivity (Wildman–Crippen MR) is 85.4 cm³/mol. The van der Waals surface area contributed by atoms with Gasteiger partial charge in [0.05, 0.1) is 6.10 Å². The van der Waals surface area contributed by atoms with Crippen molar-refractivity contribution in [3.8, 4) is 16.9 Å². The van der Waals surface area contributed by atoms with Gasteiger partial charge < -0.3 is 10.1 Å². The number of ether oxygens (including phenoxy) is 1. The van der Waals surface area contributed by atoms with Gasteiger partial charge in [0.2, 0.25) is 0 Å². The normalized spacial score (nSPS) is 10.8. The number of hydrogen-bond donors (Lipinski definition) is 1. The van der Waals surface area contributed by atoms with Crippen LogP contribution in [0.1, 0.15) is 19.4 Å². The molecule has 0 saturated carbocycles. The highest BCUT2D eigenvalue weighted by Crippen LogP contribution is 2.29. The van der Waals surface area contributed by atoms with Gasteiger partial charge in [0.25, 0.3) is 0 Å². The van der Waals surface area contributed by atoms with Crippen molar-refractivity contribution in [1.29, 1.82) is 0 Å². The summed E-state index contributed by atoms with van der Waals surface area (Å²) in [6.45, 7) is 4.86. The van der Waals surface area contributed by atoms with E-state index in [4.69, 9.17) is 16.3 Å². The smallest absolute Gasteiger partial charge is 0.120 e. The zero-order valence-corrected chi connectivity index (χ0v) is 12.9. The summed E-state index contributed by atoms with van der Waals surface area (Å²) in [5.74, 6) is 0.882. The molecule has 2 aromatic rings. The highest BCUT2D eigenvalue weighted by atomic mass is 35.5. The molecule has 0 aromatic heterocycles. The lowest BCUT2D eigenvalue weighted by atomic mass is 9.99. The number of hydrogen-bond acceptors (Lipinski definition) is 2. The molecular weight excluding hydrogens is 270 g/mol. The Kier molecular flexibility index (Phi) is 5.05. The Bertz CT molecular complexity index is 581. The van der Waals surface area contributed by atoms with Crippen molar-refractivity contribution in [1.82, 2.24) is 5.32 Å². The fraction of sp³-hybridized carbons (Fsp3) is 0.294. The molecule has 0 amide bonds. The summed E-state index contributed by atoms with van der Waals surface area (Å²) >= 11 is 6.14. The molecule has 2 nitrogen and oxygen atoms in total. The number of benzene rings is 2. The predicted octanol–water partition coefficient (Wildman–Crippen LogP) is 4.51. The second-order valence-electron chi connectivity index (χ2n) is 5.03. The first kappa shape index (κ1) is 14.9. The van der Waals surface area contributed by atoms with E-state index in [1.807, 2.05) is 45.2 Å². The molecule has 0 aliphatic heterocycles. The fourth-order valence-electron chi connectivity index (χ4n) is 2.17. The monoisotopic (exact) mass is 289 g/mol. The first-order valence-electron chi connectivity index (χ1n) is 6.80. The van der Waals surface area contributed by atoms with Crippen molar-refractivity contribution in [2.45, 2.75) is 26.5 Å². The lowest BCUT2D eigenvalue weighted by Gasteiger charge is -2.13. The molecule has 106 valence electrons. The third kappa shape index (κ3) is 3.75. The average Bonchev–Trinajstić information content (AvgIpc) is 2.40. The van der Waals surface area contributed by atoms with E-state index in [1.165, 1.54) is 5.56 Å². The van der Waals surface area contributed by atoms with E-state index < -0.39 is 0 Å². The zero-order chi connectivity index (χ0) is 14.5. The summed E-state index contributed by atoms with van der Waals surface area (Å²) in [6, 6.07) is 14.1. The van der Waals surface area contributed by atoms with Gasteiger partial charge in [0, 0.05) is 11.6 Å². The number of halogens is 1. The molecule has 0 fully saturated rings. The first-order valence-corrected chi connectivity index (χ1v) is 7.18. The van der Waals surface area contributed by atoms with Crippen molar-refractivity contribution < 1.29 is 4.74 Å². The van der Waals surface area contributed by atoms with Gasteiger partial charge in [-0.1, -0.05) is 29.8 Å². The molecule has 0 saturated heterocycles. The molecule has 0 bridgehead atoms. The lowest BCUT2D eigenvalue weighted by molar-refractivity contribution is 0.242. The minimum atomic E-state index is 0.168. The van der Waals surface area contributed by atoms with Crippen LogP contribution in [-0.2, 0) is 6.54 Å². The number of rotatable bonds is 5. The molecule has 2 rings (SSSR count). The van der Waals surface area contributed by atoms with Crippen molar-refractivity contribution >= 4 is 11.6 Å². The fourth-order valence-corrected chi connectivity index (χ4v) is 2.34. The molecule has 0 atom stereocenters. The van der Waals surface area contributed by atoms with Crippen LogP contribution >= 0.6 is 11.6 Å². The maximum absolute atomic E-state index is 6.14. The Morgan fingerprint density at radius 1 is 1.15 bits per heavy atom. The Labute approximate surface area is 125 Å². The standard InChI is InChI=1S/C17H20ClNO/c1-12(2)20-16-6-4-5-13(9-16)17-10-15(18)8-7-14(17)11-19-3/h4-10,12,19H,11H2,1-3H3. The van der Waals surface area contributed by atoms with E-state index in [2.05, 4.69) is 23.5 Å². The molecule has 0 spiro atoms. The van der Waals surface area contributed by atoms with Gasteiger partial charge in [-0.3, -0.25) is 0 Å². The topological polar surface area (TPSA) is 21.3 Å². The Balaban J connectivity index is 2.42. The van der Waals surface area contributed by atoms with E-state index in [0.717, 1.165) is 28.4 Å². The molecule has 2 aromatic carbocycles. The highest BCUT2D eigenvalue weighted by molar-refractivity contribution is 6.30. The minimum absolute atomic E-state index is 0.168. The minimum Gasteiger partial charge on any atom is -0.491 e. The van der Waals surface area contributed by atoms with Crippen LogP contribution in [0.4, 0.5) is 0 Å². The zero-order valence-electron chi connectivity index (χ0n) is 12.1. The summed E-state index contributed by atoms with van der Waals surface area (Å²) in [5, 5.41) is 3.93. The van der Waals surface area contributed by atoms with Crippen LogP contribution in [0.3, 0.4) is 0 Å². The van der Waals surface area contributed by atoms with Gasteiger partial charge in [-0.2, -0.15) is 0 Å². The van der Waals surface area contributed by atoms with Crippen LogP contribution in [0, 0.1) is 0 Å². The van der Waals surface area contributed by atoms with E-state index >= 15 is 0 Å². The van der Waals surface area contributed by atoms with Gasteiger partial charge >= 0.3 is 0 Å². The van der Waals surface area contributed by atoms with Crippen molar-refractivity contribution in [3.63, 3.8) is 0 Å². The van der Waals surface area contributed by atoms with Crippen LogP contribution in [0.2, 0.25) is 5.02 Å². The first-order chi connectivity index (χ1) is 9.60. The molecule has 1 N–H and O–H groups in total. The maximum Gasteiger partial charge on any atom is 0.120 e. The molecule has 0 unspecified atom stereocenters. The van der Waals surface area contributed by atoms with Crippen molar-refractivity contribution in [3.05, 3.63) is 53.1 Å². The highest BCUT2D eigenvalue weighted by Gasteiger charge is 2.07. The van der Waals surface area contributed by atoms with Gasteiger partial charge in [0.1, 0.15) is 5.75 Å². The van der Waals surface area contributed by atoms with Gasteiger partial charge in [-0.05, 0) is 61.9 Å². The largest absolute Gasteiger partial charge is 0.491 e. The second-order valence-corrected chi connectivity index (χ2v) is 5.46. The SMILES string of the molecule is CNCc1ccc(Cl)cc1-c1cccc(OC(C)C)c1. The van der Waals surface area contributed by atoms with E-state index in [9.17, 15) is 0 Å². The Morgan fingerprint density at radius 3 is 2.65 bits per heavy atom. The molecule has 0 aliphatic rings. The number of nitrogens with one attached hydrogen (secondary N) is 1. The third-order valence-electron chi connectivity index (χ3n) is 2.96. The van der Waals surface area contributed by atoms with Gasteiger partial charge in [-0.15, -0.1) is 0 Å². The summed E-state index contributed by atoms with van der Waals surface area (Å²) < 4.78 is 5.76. The lowest BCUT2D eigenvalue weighted by Crippen LogP contribution is -2.07. The third-order valence-corrected chi connectivity index (χ3v) is 3.19. The van der Waals surface area contributed by atoms with Crippen LogP contribution < -0.4 is 10.1 Å². The molecule has 20 heavy (non-hydrogen) atoms. The average molecular weight is 290 g/mol. The Hall–Kier alpha value is -1.51. The maximum atomic E-state index is 6.14. The quantitative estimate of drug-likeness (QED) is 0.874. The van der Waals surface area contributed by atoms with Crippen LogP contribution in [0.5, 0.6) is 5.75 Å². The van der Waals surface area contributed by atoms with E-state index in [1.54, 1.807) is 0 Å². The van der Waals surface area contributed by atoms with E-state index in [0.29, 0.717) is 0 Å². The molecule has 0 aliphatic carbocycles. The summed E-state index contributed by atoms with van der Waals surface area (Å²) in [7, 11) is 1.94. The van der Waals surface area contributed by atoms with Gasteiger partial charge in [0.15, 0.2) is 0 Å². The summed E-state index contributed by atoms with van der Waals surface area (Å²) in [4.78, 5) is 0. The van der Waals surface area contributed by atoms with Crippen LogP contribution in [0.15, 0.2) is 42.5 Å². The summed E-state index contributed by atoms with van der Waals surface area (Å²) in [5.41, 5.74) is 3.48. The molecule has 0 radical (unpaired) electrons. The molecule has 0 heterocycles. The van der Waals surface area contributed by atoms with Crippen molar-refractivity contribution in [2.24, 2.45) is 0 Å². The van der Waals surface area contributed by atoms with E-state index in [-0.39, 0.29) is 6.10 Å². The second kappa shape index (κ2) is 6.78. The van der Waals surface area contributed by atoms with Crippen LogP contribution in [-0.4, -0.2) is 13.2 Å². The van der Waals surface area contributed by atoms with Crippen LogP contribution in [0.25, 0.3) is 11.1 Å². The van der Waals surface area contributed by atoms with Crippen molar-refractivity contribution in [2.75, 3.05) is 7.05 Å².